The number of benzene rings is 2. The molecule has 0 aliphatic rings. The first-order chi connectivity index (χ1) is 12.1. The lowest BCUT2D eigenvalue weighted by Crippen LogP contribution is -2.47. The Morgan fingerprint density at radius 2 is 1.12 bits per heavy atom. The first kappa shape index (κ1) is 22.7. The van der Waals surface area contributed by atoms with E-state index < -0.39 is 5.54 Å². The van der Waals surface area contributed by atoms with Crippen LogP contribution in [0.1, 0.15) is 42.0 Å². The second kappa shape index (κ2) is 11.3. The van der Waals surface area contributed by atoms with E-state index in [4.69, 9.17) is 5.73 Å². The number of aryl methyl sites for hydroxylation is 4. The van der Waals surface area contributed by atoms with E-state index in [1.807, 2.05) is 0 Å². The van der Waals surface area contributed by atoms with Gasteiger partial charge in [0.2, 0.25) is 0 Å². The van der Waals surface area contributed by atoms with E-state index >= 15 is 0 Å². The van der Waals surface area contributed by atoms with Crippen LogP contribution in [0.25, 0.3) is 0 Å². The topological polar surface area (TPSA) is 66.5 Å². The summed E-state index contributed by atoms with van der Waals surface area (Å²) < 4.78 is 0. The fourth-order valence-electron chi connectivity index (χ4n) is 2.91. The second-order valence-corrected chi connectivity index (χ2v) is 7.02. The lowest BCUT2D eigenvalue weighted by Gasteiger charge is -2.24. The highest BCUT2D eigenvalue weighted by Gasteiger charge is 2.22. The van der Waals surface area contributed by atoms with Gasteiger partial charge in [-0.05, 0) is 60.8 Å². The van der Waals surface area contributed by atoms with Gasteiger partial charge in [0, 0.05) is 0 Å². The Labute approximate surface area is 163 Å². The third-order valence-electron chi connectivity index (χ3n) is 4.93. The Morgan fingerprint density at radius 1 is 0.731 bits per heavy atom. The van der Waals surface area contributed by atoms with Gasteiger partial charge in [0.05, 0.1) is 18.8 Å². The van der Waals surface area contributed by atoms with Crippen molar-refractivity contribution in [2.45, 2.75) is 51.0 Å². The summed E-state index contributed by atoms with van der Waals surface area (Å²) in [7, 11) is 0. The van der Waals surface area contributed by atoms with Gasteiger partial charge in [-0.1, -0.05) is 55.5 Å². The summed E-state index contributed by atoms with van der Waals surface area (Å²) in [5, 5.41) is 18.5. The third kappa shape index (κ3) is 7.08. The van der Waals surface area contributed by atoms with Gasteiger partial charge in [0.25, 0.3) is 0 Å². The van der Waals surface area contributed by atoms with Gasteiger partial charge in [-0.15, -0.1) is 12.4 Å². The Hall–Kier alpha value is -1.39. The van der Waals surface area contributed by atoms with Crippen LogP contribution in [0.15, 0.2) is 48.5 Å². The van der Waals surface area contributed by atoms with Gasteiger partial charge in [-0.25, -0.2) is 0 Å². The molecule has 3 nitrogen and oxygen atoms in total. The van der Waals surface area contributed by atoms with Crippen molar-refractivity contribution in [3.05, 3.63) is 70.8 Å². The highest BCUT2D eigenvalue weighted by Crippen LogP contribution is 2.14. The summed E-state index contributed by atoms with van der Waals surface area (Å²) in [6.45, 7) is 1.79. The number of aliphatic hydroxyl groups excluding tert-OH is 2. The molecule has 26 heavy (non-hydrogen) atoms. The predicted octanol–water partition coefficient (Wildman–Crippen LogP) is 3.46. The van der Waals surface area contributed by atoms with Crippen molar-refractivity contribution in [1.29, 1.82) is 0 Å². The highest BCUT2D eigenvalue weighted by molar-refractivity contribution is 5.85. The lowest BCUT2D eigenvalue weighted by molar-refractivity contribution is 0.115. The van der Waals surface area contributed by atoms with Crippen molar-refractivity contribution < 1.29 is 10.2 Å². The molecule has 2 aromatic carbocycles. The zero-order valence-corrected chi connectivity index (χ0v) is 16.5. The molecule has 0 amide bonds. The Morgan fingerprint density at radius 3 is 1.50 bits per heavy atom. The number of aliphatic hydroxyl groups is 2. The fraction of sp³-hybridized carbons (Fsp3) is 0.455. The normalized spacial score (nSPS) is 11.2. The van der Waals surface area contributed by atoms with Crippen molar-refractivity contribution in [3.8, 4) is 0 Å². The molecule has 0 saturated carbocycles. The molecule has 4 heteroatoms. The minimum absolute atomic E-state index is 0. The van der Waals surface area contributed by atoms with E-state index in [1.165, 1.54) is 22.3 Å². The monoisotopic (exact) mass is 377 g/mol. The summed E-state index contributed by atoms with van der Waals surface area (Å²) in [5.41, 5.74) is 10.4. The SMILES string of the molecule is CCc1ccc(CCCc2ccc(CCC(N)(CO)CO)cc2)cc1.Cl. The number of rotatable bonds is 10. The van der Waals surface area contributed by atoms with Gasteiger partial charge < -0.3 is 15.9 Å². The summed E-state index contributed by atoms with van der Waals surface area (Å²) in [5.74, 6) is 0. The van der Waals surface area contributed by atoms with Crippen LogP contribution in [-0.4, -0.2) is 29.0 Å². The van der Waals surface area contributed by atoms with E-state index in [2.05, 4.69) is 55.5 Å². The zero-order valence-electron chi connectivity index (χ0n) is 15.7. The van der Waals surface area contributed by atoms with Crippen molar-refractivity contribution in [1.82, 2.24) is 0 Å². The van der Waals surface area contributed by atoms with Crippen molar-refractivity contribution in [2.24, 2.45) is 5.73 Å². The van der Waals surface area contributed by atoms with Crippen LogP contribution in [0.4, 0.5) is 0 Å². The minimum Gasteiger partial charge on any atom is -0.394 e. The molecule has 0 aliphatic carbocycles. The third-order valence-corrected chi connectivity index (χ3v) is 4.93. The van der Waals surface area contributed by atoms with Gasteiger partial charge in [-0.3, -0.25) is 0 Å². The minimum atomic E-state index is -0.883. The summed E-state index contributed by atoms with van der Waals surface area (Å²) in [6.07, 6.45) is 5.76. The van der Waals surface area contributed by atoms with E-state index in [0.29, 0.717) is 6.42 Å². The van der Waals surface area contributed by atoms with E-state index in [-0.39, 0.29) is 25.6 Å². The molecule has 0 aromatic heterocycles. The maximum Gasteiger partial charge on any atom is 0.0633 e. The number of halogens is 1. The standard InChI is InChI=1S/C22H31NO2.ClH/c1-2-18-6-8-19(9-7-18)4-3-5-20-10-12-21(13-11-20)14-15-22(23,16-24)17-25;/h6-13,24-25H,2-5,14-17,23H2,1H3;1H. The van der Waals surface area contributed by atoms with Crippen molar-refractivity contribution in [3.63, 3.8) is 0 Å². The van der Waals surface area contributed by atoms with Gasteiger partial charge in [0.15, 0.2) is 0 Å². The van der Waals surface area contributed by atoms with Crippen LogP contribution in [0.3, 0.4) is 0 Å². The quantitative estimate of drug-likeness (QED) is 0.594. The zero-order chi connectivity index (χ0) is 18.1. The van der Waals surface area contributed by atoms with Gasteiger partial charge in [0.1, 0.15) is 0 Å². The maximum atomic E-state index is 9.24. The molecule has 0 atom stereocenters. The lowest BCUT2D eigenvalue weighted by atomic mass is 9.93. The smallest absolute Gasteiger partial charge is 0.0633 e. The fourth-order valence-corrected chi connectivity index (χ4v) is 2.91. The number of hydrogen-bond donors (Lipinski definition) is 3. The Balaban J connectivity index is 0.00000338. The molecule has 4 N–H and O–H groups in total. The van der Waals surface area contributed by atoms with Crippen molar-refractivity contribution in [2.75, 3.05) is 13.2 Å². The molecule has 0 heterocycles. The molecule has 144 valence electrons. The summed E-state index contributed by atoms with van der Waals surface area (Å²) in [4.78, 5) is 0. The largest absolute Gasteiger partial charge is 0.394 e. The average molecular weight is 378 g/mol. The molecule has 0 unspecified atom stereocenters. The predicted molar refractivity (Wildman–Crippen MR) is 111 cm³/mol. The molecule has 0 saturated heterocycles. The average Bonchev–Trinajstić information content (AvgIpc) is 2.67. The van der Waals surface area contributed by atoms with Crippen LogP contribution in [0.2, 0.25) is 0 Å². The summed E-state index contributed by atoms with van der Waals surface area (Å²) in [6, 6.07) is 17.5. The van der Waals surface area contributed by atoms with Crippen LogP contribution in [-0.2, 0) is 25.7 Å². The Kier molecular flexibility index (Phi) is 9.89. The Bertz CT molecular complexity index is 622. The molecule has 0 radical (unpaired) electrons. The van der Waals surface area contributed by atoms with E-state index in [1.54, 1.807) is 0 Å². The first-order valence-electron chi connectivity index (χ1n) is 9.25. The maximum absolute atomic E-state index is 9.24. The van der Waals surface area contributed by atoms with E-state index in [9.17, 15) is 10.2 Å². The molecule has 2 aromatic rings. The van der Waals surface area contributed by atoms with Crippen LogP contribution in [0, 0.1) is 0 Å². The van der Waals surface area contributed by atoms with E-state index in [0.717, 1.165) is 32.1 Å². The van der Waals surface area contributed by atoms with Gasteiger partial charge >= 0.3 is 0 Å². The molecular formula is C22H32ClNO2. The highest BCUT2D eigenvalue weighted by atomic mass is 35.5. The molecular weight excluding hydrogens is 346 g/mol. The summed E-state index contributed by atoms with van der Waals surface area (Å²) >= 11 is 0. The van der Waals surface area contributed by atoms with Gasteiger partial charge in [-0.2, -0.15) is 0 Å². The van der Waals surface area contributed by atoms with Crippen LogP contribution in [0.5, 0.6) is 0 Å². The molecule has 0 fully saturated rings. The number of nitrogens with two attached hydrogens (primary N) is 1. The molecule has 0 spiro atoms. The molecule has 2 rings (SSSR count). The molecule has 0 aliphatic heterocycles. The first-order valence-corrected chi connectivity index (χ1v) is 9.25. The number of hydrogen-bond acceptors (Lipinski definition) is 3. The van der Waals surface area contributed by atoms with Crippen molar-refractivity contribution >= 4 is 12.4 Å². The van der Waals surface area contributed by atoms with Crippen LogP contribution < -0.4 is 5.73 Å². The second-order valence-electron chi connectivity index (χ2n) is 7.02. The van der Waals surface area contributed by atoms with Crippen LogP contribution >= 0.6 is 12.4 Å². The molecule has 0 bridgehead atoms.